The summed E-state index contributed by atoms with van der Waals surface area (Å²) in [7, 11) is 0. The predicted octanol–water partition coefficient (Wildman–Crippen LogP) is 4.21. The summed E-state index contributed by atoms with van der Waals surface area (Å²) < 4.78 is 0. The monoisotopic (exact) mass is 481 g/mol. The molecule has 0 aliphatic carbocycles. The van der Waals surface area contributed by atoms with Crippen molar-refractivity contribution in [2.75, 3.05) is 23.7 Å². The number of nitrogens with one attached hydrogen (secondary N) is 2. The molecule has 0 aliphatic rings. The summed E-state index contributed by atoms with van der Waals surface area (Å²) in [5, 5.41) is 36.0. The second-order valence-electron chi connectivity index (χ2n) is 7.49. The van der Waals surface area contributed by atoms with Crippen molar-refractivity contribution >= 4 is 23.4 Å². The number of hydrogen-bond donors (Lipinski definition) is 3. The lowest BCUT2D eigenvalue weighted by atomic mass is 9.99. The number of nitrogens with zero attached hydrogens (tertiary/aromatic N) is 5. The van der Waals surface area contributed by atoms with Gasteiger partial charge in [-0.3, -0.25) is 10.1 Å². The number of carboxylic acid groups (broad SMARTS) is 1. The van der Waals surface area contributed by atoms with Crippen molar-refractivity contribution in [1.82, 2.24) is 15.0 Å². The molecule has 178 valence electrons. The molecule has 3 N–H and O–H groups in total. The van der Waals surface area contributed by atoms with Crippen LogP contribution >= 0.6 is 0 Å². The van der Waals surface area contributed by atoms with E-state index < -0.39 is 10.9 Å². The summed E-state index contributed by atoms with van der Waals surface area (Å²) in [5.41, 5.74) is 1.90. The average Bonchev–Trinajstić information content (AvgIpc) is 2.91. The van der Waals surface area contributed by atoms with E-state index in [4.69, 9.17) is 5.26 Å². The number of carbonyl (C=O) groups is 1. The van der Waals surface area contributed by atoms with Gasteiger partial charge in [0, 0.05) is 30.3 Å². The second kappa shape index (κ2) is 10.7. The molecule has 0 aliphatic heterocycles. The van der Waals surface area contributed by atoms with Crippen LogP contribution in [0.5, 0.6) is 0 Å². The zero-order valence-electron chi connectivity index (χ0n) is 18.8. The van der Waals surface area contributed by atoms with Gasteiger partial charge < -0.3 is 15.7 Å². The number of nitriles is 1. The van der Waals surface area contributed by atoms with Crippen molar-refractivity contribution in [2.24, 2.45) is 0 Å². The molecule has 0 saturated carbocycles. The Hall–Kier alpha value is -5.37. The van der Waals surface area contributed by atoms with Gasteiger partial charge in [0.25, 0.3) is 5.69 Å². The van der Waals surface area contributed by atoms with Gasteiger partial charge in [-0.2, -0.15) is 5.26 Å². The Balaban J connectivity index is 1.62. The fourth-order valence-corrected chi connectivity index (χ4v) is 3.42. The van der Waals surface area contributed by atoms with Crippen molar-refractivity contribution < 1.29 is 14.8 Å². The predicted molar refractivity (Wildman–Crippen MR) is 132 cm³/mol. The van der Waals surface area contributed by atoms with Crippen LogP contribution in [0.3, 0.4) is 0 Å². The molecule has 0 saturated heterocycles. The molecule has 36 heavy (non-hydrogen) atoms. The van der Waals surface area contributed by atoms with E-state index in [1.165, 1.54) is 18.3 Å². The van der Waals surface area contributed by atoms with Crippen LogP contribution in [0, 0.1) is 21.4 Å². The number of aromatic carboxylic acids is 1. The lowest BCUT2D eigenvalue weighted by Crippen LogP contribution is -2.17. The topological polar surface area (TPSA) is 167 Å². The van der Waals surface area contributed by atoms with E-state index in [0.717, 1.165) is 0 Å². The number of benzene rings is 2. The third kappa shape index (κ3) is 5.40. The molecule has 0 spiro atoms. The molecule has 2 aromatic carbocycles. The van der Waals surface area contributed by atoms with Gasteiger partial charge in [-0.1, -0.05) is 42.5 Å². The van der Waals surface area contributed by atoms with E-state index in [2.05, 4.69) is 25.6 Å². The molecule has 4 aromatic rings. The number of rotatable bonds is 9. The van der Waals surface area contributed by atoms with Gasteiger partial charge in [0.1, 0.15) is 17.6 Å². The SMILES string of the molecule is N#Cc1ccc(-c2nc(NCCNc3ccc([N+](=O)[O-])cn3)nc(-c3ccccc3)c2C(=O)O)cc1. The van der Waals surface area contributed by atoms with Crippen LogP contribution in [0.4, 0.5) is 17.5 Å². The smallest absolute Gasteiger partial charge is 0.340 e. The largest absolute Gasteiger partial charge is 0.478 e. The maximum atomic E-state index is 12.3. The van der Waals surface area contributed by atoms with Crippen molar-refractivity contribution in [3.8, 4) is 28.6 Å². The molecule has 2 aromatic heterocycles. The van der Waals surface area contributed by atoms with Crippen LogP contribution < -0.4 is 10.6 Å². The van der Waals surface area contributed by atoms with Crippen molar-refractivity contribution in [2.45, 2.75) is 0 Å². The Kier molecular flexibility index (Phi) is 7.07. The maximum absolute atomic E-state index is 12.3. The normalized spacial score (nSPS) is 10.3. The Bertz CT molecular complexity index is 1430. The van der Waals surface area contributed by atoms with Gasteiger partial charge in [0.2, 0.25) is 5.95 Å². The molecule has 2 heterocycles. The highest BCUT2D eigenvalue weighted by Gasteiger charge is 2.23. The van der Waals surface area contributed by atoms with Gasteiger partial charge in [-0.15, -0.1) is 0 Å². The third-order valence-corrected chi connectivity index (χ3v) is 5.13. The molecular formula is C25H19N7O4. The number of nitro groups is 1. The highest BCUT2D eigenvalue weighted by atomic mass is 16.6. The summed E-state index contributed by atoms with van der Waals surface area (Å²) in [6, 6.07) is 20.3. The zero-order chi connectivity index (χ0) is 25.5. The highest BCUT2D eigenvalue weighted by molar-refractivity contribution is 6.01. The van der Waals surface area contributed by atoms with Gasteiger partial charge in [0.05, 0.1) is 27.9 Å². The van der Waals surface area contributed by atoms with E-state index in [0.29, 0.717) is 35.6 Å². The fourth-order valence-electron chi connectivity index (χ4n) is 3.42. The van der Waals surface area contributed by atoms with E-state index >= 15 is 0 Å². The first-order valence-electron chi connectivity index (χ1n) is 10.8. The minimum absolute atomic E-state index is 0.0512. The van der Waals surface area contributed by atoms with Crippen LogP contribution in [0.2, 0.25) is 0 Å². The van der Waals surface area contributed by atoms with Crippen molar-refractivity contribution in [3.05, 3.63) is 94.2 Å². The van der Waals surface area contributed by atoms with Crippen molar-refractivity contribution in [1.29, 1.82) is 5.26 Å². The minimum atomic E-state index is -1.18. The molecule has 0 amide bonds. The molecule has 0 radical (unpaired) electrons. The molecule has 11 heteroatoms. The first-order chi connectivity index (χ1) is 17.5. The lowest BCUT2D eigenvalue weighted by molar-refractivity contribution is -0.385. The van der Waals surface area contributed by atoms with Gasteiger partial charge >= 0.3 is 5.97 Å². The van der Waals surface area contributed by atoms with E-state index in [9.17, 15) is 20.0 Å². The van der Waals surface area contributed by atoms with Gasteiger partial charge in [0.15, 0.2) is 0 Å². The Morgan fingerprint density at radius 3 is 2.14 bits per heavy atom. The van der Waals surface area contributed by atoms with E-state index in [1.54, 1.807) is 48.5 Å². The number of hydrogen-bond acceptors (Lipinski definition) is 9. The van der Waals surface area contributed by atoms with Gasteiger partial charge in [-0.25, -0.2) is 19.7 Å². The van der Waals surface area contributed by atoms with Crippen LogP contribution in [0.15, 0.2) is 72.9 Å². The average molecular weight is 481 g/mol. The van der Waals surface area contributed by atoms with Crippen LogP contribution in [-0.2, 0) is 0 Å². The fraction of sp³-hybridized carbons (Fsp3) is 0.0800. The van der Waals surface area contributed by atoms with Gasteiger partial charge in [-0.05, 0) is 18.2 Å². The summed E-state index contributed by atoms with van der Waals surface area (Å²) in [4.78, 5) is 35.5. The van der Waals surface area contributed by atoms with Crippen molar-refractivity contribution in [3.63, 3.8) is 0 Å². The lowest BCUT2D eigenvalue weighted by Gasteiger charge is -2.14. The molecule has 0 bridgehead atoms. The number of pyridine rings is 1. The molecule has 0 unspecified atom stereocenters. The van der Waals surface area contributed by atoms with Crippen LogP contribution in [-0.4, -0.2) is 44.0 Å². The first-order valence-corrected chi connectivity index (χ1v) is 10.8. The van der Waals surface area contributed by atoms with E-state index in [-0.39, 0.29) is 28.6 Å². The van der Waals surface area contributed by atoms with Crippen LogP contribution in [0.1, 0.15) is 15.9 Å². The Morgan fingerprint density at radius 2 is 1.58 bits per heavy atom. The third-order valence-electron chi connectivity index (χ3n) is 5.13. The number of anilines is 2. The maximum Gasteiger partial charge on any atom is 0.340 e. The summed E-state index contributed by atoms with van der Waals surface area (Å²) in [6.45, 7) is 0.744. The highest BCUT2D eigenvalue weighted by Crippen LogP contribution is 2.31. The van der Waals surface area contributed by atoms with Crippen LogP contribution in [0.25, 0.3) is 22.5 Å². The Morgan fingerprint density at radius 1 is 0.944 bits per heavy atom. The summed E-state index contributed by atoms with van der Waals surface area (Å²) in [6.07, 6.45) is 1.17. The number of aromatic nitrogens is 3. The molecular weight excluding hydrogens is 462 g/mol. The second-order valence-corrected chi connectivity index (χ2v) is 7.49. The quantitative estimate of drug-likeness (QED) is 0.179. The van der Waals surface area contributed by atoms with E-state index in [1.807, 2.05) is 12.1 Å². The number of carboxylic acids is 1. The molecule has 0 fully saturated rings. The minimum Gasteiger partial charge on any atom is -0.478 e. The Labute approximate surface area is 205 Å². The summed E-state index contributed by atoms with van der Waals surface area (Å²) >= 11 is 0. The standard InChI is InChI=1S/C25H19N7O4/c26-14-16-6-8-18(9-7-16)23-21(24(33)34)22(17-4-2-1-3-5-17)30-25(31-23)28-13-12-27-20-11-10-19(15-29-20)32(35)36/h1-11,15H,12-13H2,(H,27,29)(H,33,34)(H,28,30,31). The summed E-state index contributed by atoms with van der Waals surface area (Å²) in [5.74, 6) is -0.491. The molecule has 11 nitrogen and oxygen atoms in total. The first kappa shape index (κ1) is 23.8. The molecule has 0 atom stereocenters. The zero-order valence-corrected chi connectivity index (χ0v) is 18.8. The molecule has 4 rings (SSSR count).